The number of rotatable bonds is 9. The minimum atomic E-state index is -4.82. The number of hydrogen-bond acceptors (Lipinski definition) is 11. The summed E-state index contributed by atoms with van der Waals surface area (Å²) < 4.78 is 40.3. The van der Waals surface area contributed by atoms with Crippen molar-refractivity contribution < 1.29 is 26.6 Å². The van der Waals surface area contributed by atoms with Gasteiger partial charge in [-0.1, -0.05) is 5.16 Å². The predicted molar refractivity (Wildman–Crippen MR) is 87.3 cm³/mol. The standard InChI is InChI=1S/C13H15N5O7S/c1-2-17(7-8-24-26(21,22)23)11-4-3-10(9-12(11)18(19)20)15-16-13-5-6-14-25-13/h3-6,9H,2,7-8H2,1H3,(H,21,22,23)/p-1. The van der Waals surface area contributed by atoms with Crippen LogP contribution in [0, 0.1) is 10.1 Å². The van der Waals surface area contributed by atoms with E-state index >= 15 is 0 Å². The van der Waals surface area contributed by atoms with Crippen LogP contribution in [0.3, 0.4) is 0 Å². The minimum Gasteiger partial charge on any atom is -0.726 e. The zero-order chi connectivity index (χ0) is 19.2. The highest BCUT2D eigenvalue weighted by Gasteiger charge is 2.19. The molecule has 2 aromatic rings. The van der Waals surface area contributed by atoms with Gasteiger partial charge in [0.1, 0.15) is 5.69 Å². The van der Waals surface area contributed by atoms with Gasteiger partial charge in [-0.25, -0.2) is 8.42 Å². The average Bonchev–Trinajstić information content (AvgIpc) is 3.09. The Bertz CT molecular complexity index is 882. The van der Waals surface area contributed by atoms with Gasteiger partial charge in [-0.15, -0.1) is 10.2 Å². The summed E-state index contributed by atoms with van der Waals surface area (Å²) in [6.07, 6.45) is 1.38. The predicted octanol–water partition coefficient (Wildman–Crippen LogP) is 2.30. The molecule has 0 aliphatic rings. The molecule has 0 N–H and O–H groups in total. The van der Waals surface area contributed by atoms with E-state index in [9.17, 15) is 23.1 Å². The maximum Gasteiger partial charge on any atom is 0.294 e. The molecule has 12 nitrogen and oxygen atoms in total. The number of aromatic nitrogens is 1. The van der Waals surface area contributed by atoms with Crippen molar-refractivity contribution in [1.29, 1.82) is 0 Å². The number of nitro benzene ring substituents is 1. The number of benzene rings is 1. The highest BCUT2D eigenvalue weighted by Crippen LogP contribution is 2.32. The van der Waals surface area contributed by atoms with Crippen molar-refractivity contribution in [3.05, 3.63) is 40.6 Å². The smallest absolute Gasteiger partial charge is 0.294 e. The summed E-state index contributed by atoms with van der Waals surface area (Å²) in [5, 5.41) is 22.4. The Morgan fingerprint density at radius 3 is 2.69 bits per heavy atom. The molecule has 0 spiro atoms. The second kappa shape index (κ2) is 8.46. The first-order chi connectivity index (χ1) is 12.3. The summed E-state index contributed by atoms with van der Waals surface area (Å²) in [4.78, 5) is 12.3. The maximum absolute atomic E-state index is 11.4. The van der Waals surface area contributed by atoms with E-state index in [2.05, 4.69) is 19.6 Å². The van der Waals surface area contributed by atoms with Crippen LogP contribution in [0.15, 0.2) is 45.2 Å². The van der Waals surface area contributed by atoms with Gasteiger partial charge in [0, 0.05) is 25.2 Å². The van der Waals surface area contributed by atoms with Gasteiger partial charge in [0.05, 0.1) is 23.4 Å². The van der Waals surface area contributed by atoms with Crippen molar-refractivity contribution in [2.24, 2.45) is 10.2 Å². The molecule has 1 aromatic carbocycles. The molecule has 0 atom stereocenters. The molecule has 13 heteroatoms. The van der Waals surface area contributed by atoms with Crippen molar-refractivity contribution in [2.45, 2.75) is 6.92 Å². The minimum absolute atomic E-state index is 0.0300. The molecule has 0 saturated carbocycles. The molecular formula is C13H14N5O7S-. The molecule has 0 bridgehead atoms. The van der Waals surface area contributed by atoms with Crippen LogP contribution in [0.5, 0.6) is 0 Å². The molecule has 1 heterocycles. The molecule has 140 valence electrons. The summed E-state index contributed by atoms with van der Waals surface area (Å²) in [6, 6.07) is 5.62. The van der Waals surface area contributed by atoms with Crippen molar-refractivity contribution in [3.8, 4) is 0 Å². The highest BCUT2D eigenvalue weighted by molar-refractivity contribution is 7.80. The molecule has 0 amide bonds. The van der Waals surface area contributed by atoms with Gasteiger partial charge in [0.15, 0.2) is 0 Å². The monoisotopic (exact) mass is 384 g/mol. The summed E-state index contributed by atoms with van der Waals surface area (Å²) in [5.74, 6) is 0.142. The molecule has 0 unspecified atom stereocenters. The van der Waals surface area contributed by atoms with Crippen molar-refractivity contribution in [2.75, 3.05) is 24.6 Å². The Kier molecular flexibility index (Phi) is 6.32. The molecule has 2 rings (SSSR count). The van der Waals surface area contributed by atoms with E-state index < -0.39 is 21.9 Å². The van der Waals surface area contributed by atoms with Crippen molar-refractivity contribution in [3.63, 3.8) is 0 Å². The second-order valence-corrected chi connectivity index (χ2v) is 5.84. The number of nitrogens with zero attached hydrogens (tertiary/aromatic N) is 5. The first-order valence-corrected chi connectivity index (χ1v) is 8.59. The quantitative estimate of drug-likeness (QED) is 0.207. The largest absolute Gasteiger partial charge is 0.726 e. The summed E-state index contributed by atoms with van der Waals surface area (Å²) in [7, 11) is -4.82. The van der Waals surface area contributed by atoms with Crippen LogP contribution in [-0.2, 0) is 14.6 Å². The summed E-state index contributed by atoms with van der Waals surface area (Å²) >= 11 is 0. The molecule has 0 aliphatic heterocycles. The van der Waals surface area contributed by atoms with E-state index in [0.717, 1.165) is 0 Å². The lowest BCUT2D eigenvalue weighted by Gasteiger charge is -2.23. The van der Waals surface area contributed by atoms with Gasteiger partial charge in [-0.2, -0.15) is 0 Å². The fraction of sp³-hybridized carbons (Fsp3) is 0.308. The average molecular weight is 384 g/mol. The third kappa shape index (κ3) is 5.58. The van der Waals surface area contributed by atoms with Gasteiger partial charge < -0.3 is 14.0 Å². The second-order valence-electron chi connectivity index (χ2n) is 4.79. The lowest BCUT2D eigenvalue weighted by Crippen LogP contribution is -2.28. The Morgan fingerprint density at radius 2 is 2.12 bits per heavy atom. The van der Waals surface area contributed by atoms with E-state index in [1.807, 2.05) is 0 Å². The normalized spacial score (nSPS) is 11.8. The van der Waals surface area contributed by atoms with Gasteiger partial charge in [0.2, 0.25) is 10.4 Å². The first-order valence-electron chi connectivity index (χ1n) is 7.26. The Morgan fingerprint density at radius 1 is 1.35 bits per heavy atom. The Labute approximate surface area is 148 Å². The van der Waals surface area contributed by atoms with E-state index in [-0.39, 0.29) is 29.5 Å². The van der Waals surface area contributed by atoms with Crippen LogP contribution < -0.4 is 4.90 Å². The van der Waals surface area contributed by atoms with Gasteiger partial charge in [-0.3, -0.25) is 14.3 Å². The Balaban J connectivity index is 2.22. The zero-order valence-electron chi connectivity index (χ0n) is 13.5. The van der Waals surface area contributed by atoms with Crippen LogP contribution in [0.25, 0.3) is 0 Å². The van der Waals surface area contributed by atoms with Crippen molar-refractivity contribution in [1.82, 2.24) is 5.16 Å². The summed E-state index contributed by atoms with van der Waals surface area (Å²) in [5.41, 5.74) is 0.181. The SMILES string of the molecule is CCN(CCOS(=O)(=O)[O-])c1ccc(N=Nc2ccno2)cc1[N+](=O)[O-]. The number of anilines is 1. The van der Waals surface area contributed by atoms with E-state index in [4.69, 9.17) is 4.52 Å². The lowest BCUT2D eigenvalue weighted by atomic mass is 10.2. The first kappa shape index (κ1) is 19.4. The third-order valence-electron chi connectivity index (χ3n) is 3.16. The molecule has 0 aliphatic carbocycles. The van der Waals surface area contributed by atoms with Crippen LogP contribution in [0.2, 0.25) is 0 Å². The fourth-order valence-electron chi connectivity index (χ4n) is 2.05. The number of azo groups is 1. The van der Waals surface area contributed by atoms with Gasteiger partial charge in [0.25, 0.3) is 11.6 Å². The molecule has 0 radical (unpaired) electrons. The van der Waals surface area contributed by atoms with E-state index in [0.29, 0.717) is 6.54 Å². The van der Waals surface area contributed by atoms with E-state index in [1.54, 1.807) is 6.92 Å². The van der Waals surface area contributed by atoms with Crippen LogP contribution in [0.4, 0.5) is 22.9 Å². The fourth-order valence-corrected chi connectivity index (χ4v) is 2.33. The number of hydrogen-bond donors (Lipinski definition) is 0. The lowest BCUT2D eigenvalue weighted by molar-refractivity contribution is -0.384. The van der Waals surface area contributed by atoms with Crippen LogP contribution in [0.1, 0.15) is 6.92 Å². The van der Waals surface area contributed by atoms with E-state index in [1.165, 1.54) is 35.4 Å². The topological polar surface area (TPSA) is 164 Å². The molecule has 1 aromatic heterocycles. The van der Waals surface area contributed by atoms with Crippen LogP contribution in [-0.4, -0.2) is 42.7 Å². The molecule has 0 saturated heterocycles. The highest BCUT2D eigenvalue weighted by atomic mass is 32.3. The van der Waals surface area contributed by atoms with Gasteiger partial charge >= 0.3 is 0 Å². The van der Waals surface area contributed by atoms with Crippen molar-refractivity contribution >= 4 is 33.3 Å². The number of nitro groups is 1. The number of likely N-dealkylation sites (N-methyl/N-ethyl adjacent to an activating group) is 1. The molecule has 0 fully saturated rings. The molecular weight excluding hydrogens is 370 g/mol. The maximum atomic E-state index is 11.4. The Hall–Kier alpha value is -2.90. The molecule has 26 heavy (non-hydrogen) atoms. The zero-order valence-corrected chi connectivity index (χ0v) is 14.3. The third-order valence-corrected chi connectivity index (χ3v) is 3.61. The van der Waals surface area contributed by atoms with Crippen LogP contribution >= 0.6 is 0 Å². The summed E-state index contributed by atoms with van der Waals surface area (Å²) in [6.45, 7) is 1.58. The van der Waals surface area contributed by atoms with Gasteiger partial charge in [-0.05, 0) is 19.1 Å².